The van der Waals surface area contributed by atoms with Crippen LogP contribution < -0.4 is 4.90 Å². The minimum Gasteiger partial charge on any atom is -0.353 e. The first-order chi connectivity index (χ1) is 9.22. The van der Waals surface area contributed by atoms with E-state index in [9.17, 15) is 0 Å². The number of pyridine rings is 1. The maximum Gasteiger partial charge on any atom is 0.180 e. The summed E-state index contributed by atoms with van der Waals surface area (Å²) in [6.07, 6.45) is 3.33. The van der Waals surface area contributed by atoms with Crippen molar-refractivity contribution in [2.75, 3.05) is 11.9 Å². The van der Waals surface area contributed by atoms with Crippen LogP contribution in [0, 0.1) is 6.92 Å². The van der Waals surface area contributed by atoms with Crippen molar-refractivity contribution in [3.8, 4) is 0 Å². The van der Waals surface area contributed by atoms with Crippen molar-refractivity contribution in [2.45, 2.75) is 13.5 Å². The van der Waals surface area contributed by atoms with E-state index < -0.39 is 0 Å². The molecular formula is C13H13N5S. The van der Waals surface area contributed by atoms with Gasteiger partial charge >= 0.3 is 0 Å². The van der Waals surface area contributed by atoms with E-state index in [2.05, 4.69) is 30.2 Å². The molecule has 96 valence electrons. The van der Waals surface area contributed by atoms with Crippen LogP contribution in [0.5, 0.6) is 0 Å². The topological polar surface area (TPSA) is 54.8 Å². The zero-order chi connectivity index (χ0) is 13.2. The zero-order valence-corrected chi connectivity index (χ0v) is 11.6. The Kier molecular flexibility index (Phi) is 3.08. The number of rotatable bonds is 3. The fourth-order valence-electron chi connectivity index (χ4n) is 1.82. The number of anilines is 1. The smallest absolute Gasteiger partial charge is 0.180 e. The molecular weight excluding hydrogens is 258 g/mol. The third-order valence-electron chi connectivity index (χ3n) is 2.75. The van der Waals surface area contributed by atoms with Gasteiger partial charge in [0.05, 0.1) is 6.54 Å². The molecule has 3 aromatic heterocycles. The van der Waals surface area contributed by atoms with Crippen LogP contribution in [-0.2, 0) is 6.54 Å². The first-order valence-electron chi connectivity index (χ1n) is 5.92. The maximum absolute atomic E-state index is 4.51. The second kappa shape index (κ2) is 4.89. The van der Waals surface area contributed by atoms with Crippen molar-refractivity contribution in [3.05, 3.63) is 40.6 Å². The van der Waals surface area contributed by atoms with Crippen LogP contribution in [-0.4, -0.2) is 27.0 Å². The maximum atomic E-state index is 4.51. The quantitative estimate of drug-likeness (QED) is 0.732. The molecule has 0 aliphatic rings. The summed E-state index contributed by atoms with van der Waals surface area (Å²) in [5.74, 6) is 0.876. The highest BCUT2D eigenvalue weighted by Crippen LogP contribution is 2.17. The van der Waals surface area contributed by atoms with Gasteiger partial charge in [0.1, 0.15) is 16.3 Å². The summed E-state index contributed by atoms with van der Waals surface area (Å²) in [6, 6.07) is 3.89. The van der Waals surface area contributed by atoms with Gasteiger partial charge < -0.3 is 4.90 Å². The lowest BCUT2D eigenvalue weighted by Gasteiger charge is -2.16. The van der Waals surface area contributed by atoms with Gasteiger partial charge in [-0.05, 0) is 19.1 Å². The molecule has 0 aromatic carbocycles. The van der Waals surface area contributed by atoms with Crippen LogP contribution in [0.25, 0.3) is 11.2 Å². The fourth-order valence-corrected chi connectivity index (χ4v) is 2.64. The average molecular weight is 271 g/mol. The van der Waals surface area contributed by atoms with Crippen LogP contribution in [0.4, 0.5) is 5.82 Å². The highest BCUT2D eigenvalue weighted by atomic mass is 32.1. The Morgan fingerprint density at radius 3 is 2.79 bits per heavy atom. The highest BCUT2D eigenvalue weighted by molar-refractivity contribution is 7.09. The van der Waals surface area contributed by atoms with E-state index in [-0.39, 0.29) is 0 Å². The number of hydrogen-bond donors (Lipinski definition) is 0. The lowest BCUT2D eigenvalue weighted by molar-refractivity contribution is 0.885. The van der Waals surface area contributed by atoms with Crippen LogP contribution in [0.1, 0.15) is 10.7 Å². The molecule has 0 saturated carbocycles. The van der Waals surface area contributed by atoms with Gasteiger partial charge in [0, 0.05) is 30.5 Å². The molecule has 5 nitrogen and oxygen atoms in total. The Balaban J connectivity index is 1.86. The van der Waals surface area contributed by atoms with E-state index in [1.807, 2.05) is 26.1 Å². The summed E-state index contributed by atoms with van der Waals surface area (Å²) < 4.78 is 0. The Hall–Kier alpha value is -2.08. The third-order valence-corrected chi connectivity index (χ3v) is 3.70. The van der Waals surface area contributed by atoms with Gasteiger partial charge in [-0.3, -0.25) is 4.98 Å². The van der Waals surface area contributed by atoms with Gasteiger partial charge in [-0.25, -0.2) is 15.0 Å². The Bertz CT molecular complexity index is 709. The summed E-state index contributed by atoms with van der Waals surface area (Å²) in [5.41, 5.74) is 2.54. The molecule has 0 aliphatic carbocycles. The highest BCUT2D eigenvalue weighted by Gasteiger charge is 2.07. The van der Waals surface area contributed by atoms with E-state index >= 15 is 0 Å². The summed E-state index contributed by atoms with van der Waals surface area (Å²) in [4.78, 5) is 19.5. The first kappa shape index (κ1) is 12.0. The minimum absolute atomic E-state index is 0.669. The van der Waals surface area contributed by atoms with Gasteiger partial charge in [0.25, 0.3) is 0 Å². The molecule has 0 atom stereocenters. The molecule has 6 heteroatoms. The molecule has 0 fully saturated rings. The Morgan fingerprint density at radius 1 is 1.16 bits per heavy atom. The molecule has 0 radical (unpaired) electrons. The Morgan fingerprint density at radius 2 is 2.00 bits per heavy atom. The van der Waals surface area contributed by atoms with Crippen molar-refractivity contribution in [1.29, 1.82) is 0 Å². The lowest BCUT2D eigenvalue weighted by Crippen LogP contribution is -2.17. The van der Waals surface area contributed by atoms with Crippen LogP contribution in [0.3, 0.4) is 0 Å². The van der Waals surface area contributed by atoms with Crippen molar-refractivity contribution in [3.63, 3.8) is 0 Å². The number of fused-ring (bicyclic) bond motifs is 1. The number of nitrogens with zero attached hydrogens (tertiary/aromatic N) is 5. The second-order valence-corrected chi connectivity index (χ2v) is 5.25. The van der Waals surface area contributed by atoms with Crippen molar-refractivity contribution < 1.29 is 0 Å². The number of aromatic nitrogens is 4. The molecule has 3 rings (SSSR count). The SMILES string of the molecule is Cc1csc(CN(C)c2ccc3nccnc3n2)n1. The molecule has 0 aliphatic heterocycles. The number of hydrogen-bond acceptors (Lipinski definition) is 6. The van der Waals surface area contributed by atoms with E-state index in [4.69, 9.17) is 0 Å². The molecule has 0 unspecified atom stereocenters. The van der Waals surface area contributed by atoms with Gasteiger partial charge in [-0.1, -0.05) is 0 Å². The van der Waals surface area contributed by atoms with E-state index in [1.54, 1.807) is 23.7 Å². The number of aryl methyl sites for hydroxylation is 1. The van der Waals surface area contributed by atoms with Gasteiger partial charge in [0.2, 0.25) is 0 Å². The van der Waals surface area contributed by atoms with Gasteiger partial charge in [-0.15, -0.1) is 11.3 Å². The van der Waals surface area contributed by atoms with Crippen LogP contribution >= 0.6 is 11.3 Å². The monoisotopic (exact) mass is 271 g/mol. The molecule has 3 aromatic rings. The first-order valence-corrected chi connectivity index (χ1v) is 6.80. The van der Waals surface area contributed by atoms with Crippen molar-refractivity contribution >= 4 is 28.3 Å². The molecule has 0 saturated heterocycles. The zero-order valence-electron chi connectivity index (χ0n) is 10.7. The number of thiazole rings is 1. The molecule has 0 N–H and O–H groups in total. The summed E-state index contributed by atoms with van der Waals surface area (Å²) in [7, 11) is 2.00. The largest absolute Gasteiger partial charge is 0.353 e. The van der Waals surface area contributed by atoms with E-state index in [1.165, 1.54) is 0 Å². The molecule has 0 spiro atoms. The van der Waals surface area contributed by atoms with Gasteiger partial charge in [-0.2, -0.15) is 0 Å². The minimum atomic E-state index is 0.669. The third kappa shape index (κ3) is 2.53. The standard InChI is InChI=1S/C13H13N5S/c1-9-8-19-12(16-9)7-18(2)11-4-3-10-13(17-11)15-6-5-14-10/h3-6,8H,7H2,1-2H3. The molecule has 19 heavy (non-hydrogen) atoms. The van der Waals surface area contributed by atoms with Crippen LogP contribution in [0.15, 0.2) is 29.9 Å². The van der Waals surface area contributed by atoms with E-state index in [0.29, 0.717) is 5.65 Å². The van der Waals surface area contributed by atoms with Crippen molar-refractivity contribution in [1.82, 2.24) is 19.9 Å². The molecule has 0 amide bonds. The normalized spacial score (nSPS) is 10.8. The predicted octanol–water partition coefficient (Wildman–Crippen LogP) is 2.43. The van der Waals surface area contributed by atoms with E-state index in [0.717, 1.165) is 28.6 Å². The molecule has 0 bridgehead atoms. The lowest BCUT2D eigenvalue weighted by atomic mass is 10.4. The second-order valence-electron chi connectivity index (χ2n) is 4.31. The fraction of sp³-hybridized carbons (Fsp3) is 0.231. The van der Waals surface area contributed by atoms with Gasteiger partial charge in [0.15, 0.2) is 5.65 Å². The Labute approximate surface area is 115 Å². The van der Waals surface area contributed by atoms with Crippen LogP contribution in [0.2, 0.25) is 0 Å². The summed E-state index contributed by atoms with van der Waals surface area (Å²) in [6.45, 7) is 2.75. The van der Waals surface area contributed by atoms with Crippen molar-refractivity contribution in [2.24, 2.45) is 0 Å². The summed E-state index contributed by atoms with van der Waals surface area (Å²) >= 11 is 1.67. The molecule has 3 heterocycles. The average Bonchev–Trinajstić information content (AvgIpc) is 2.83. The summed E-state index contributed by atoms with van der Waals surface area (Å²) in [5, 5.41) is 3.14. The predicted molar refractivity (Wildman–Crippen MR) is 76.3 cm³/mol.